The van der Waals surface area contributed by atoms with Crippen molar-refractivity contribution in [3.63, 3.8) is 0 Å². The van der Waals surface area contributed by atoms with E-state index in [1.54, 1.807) is 17.7 Å². The highest BCUT2D eigenvalue weighted by atomic mass is 32.1. The summed E-state index contributed by atoms with van der Waals surface area (Å²) in [5.74, 6) is 0.912. The molecule has 4 heterocycles. The number of nitrogens with one attached hydrogen (secondary N) is 1. The molecule has 6 heteroatoms. The lowest BCUT2D eigenvalue weighted by atomic mass is 10.3. The van der Waals surface area contributed by atoms with Gasteiger partial charge in [-0.15, -0.1) is 11.3 Å². The molecular weight excluding hydrogens is 306 g/mol. The molecule has 0 aromatic carbocycles. The van der Waals surface area contributed by atoms with Gasteiger partial charge in [-0.3, -0.25) is 0 Å². The number of rotatable bonds is 5. The Morgan fingerprint density at radius 1 is 1.26 bits per heavy atom. The average Bonchev–Trinajstić information content (AvgIpc) is 3.18. The van der Waals surface area contributed by atoms with Crippen LogP contribution in [0.4, 0.5) is 5.82 Å². The summed E-state index contributed by atoms with van der Waals surface area (Å²) in [5, 5.41) is 4.54. The van der Waals surface area contributed by atoms with Crippen molar-refractivity contribution in [2.45, 2.75) is 19.8 Å². The number of fused-ring (bicyclic) bond motifs is 2. The minimum absolute atomic E-state index is 0.799. The minimum atomic E-state index is 0.799. The normalized spacial score (nSPS) is 11.3. The minimum Gasteiger partial charge on any atom is -0.369 e. The molecule has 0 spiro atoms. The third-order valence-corrected chi connectivity index (χ3v) is 5.00. The third-order valence-electron chi connectivity index (χ3n) is 3.82. The van der Waals surface area contributed by atoms with E-state index in [0.717, 1.165) is 46.8 Å². The molecule has 1 N–H and O–H groups in total. The summed E-state index contributed by atoms with van der Waals surface area (Å²) in [4.78, 5) is 15.7. The van der Waals surface area contributed by atoms with Crippen molar-refractivity contribution in [1.29, 1.82) is 0 Å². The molecule has 4 rings (SSSR count). The number of thiophene rings is 1. The molecule has 0 aliphatic carbocycles. The van der Waals surface area contributed by atoms with Crippen LogP contribution in [-0.2, 0) is 12.8 Å². The molecule has 0 atom stereocenters. The maximum absolute atomic E-state index is 4.62. The maximum atomic E-state index is 4.62. The SMILES string of the molecule is CCc1cc2c(NCCc3cn4ccccc4n3)ncnc2s1. The highest BCUT2D eigenvalue weighted by Gasteiger charge is 2.08. The van der Waals surface area contributed by atoms with Crippen molar-refractivity contribution in [1.82, 2.24) is 19.4 Å². The van der Waals surface area contributed by atoms with Gasteiger partial charge in [-0.2, -0.15) is 0 Å². The smallest absolute Gasteiger partial charge is 0.138 e. The van der Waals surface area contributed by atoms with E-state index in [9.17, 15) is 0 Å². The van der Waals surface area contributed by atoms with Gasteiger partial charge in [0.1, 0.15) is 22.6 Å². The van der Waals surface area contributed by atoms with E-state index in [1.165, 1.54) is 4.88 Å². The summed E-state index contributed by atoms with van der Waals surface area (Å²) in [6.07, 6.45) is 7.61. The van der Waals surface area contributed by atoms with Crippen molar-refractivity contribution in [2.24, 2.45) is 0 Å². The molecule has 4 aromatic rings. The number of imidazole rings is 1. The zero-order valence-electron chi connectivity index (χ0n) is 12.9. The van der Waals surface area contributed by atoms with Crippen LogP contribution in [0, 0.1) is 0 Å². The molecule has 0 amide bonds. The summed E-state index contributed by atoms with van der Waals surface area (Å²) in [5.41, 5.74) is 2.06. The van der Waals surface area contributed by atoms with Crippen LogP contribution in [0.25, 0.3) is 15.9 Å². The monoisotopic (exact) mass is 323 g/mol. The number of hydrogen-bond acceptors (Lipinski definition) is 5. The predicted octanol–water partition coefficient (Wildman–Crippen LogP) is 3.56. The van der Waals surface area contributed by atoms with Crippen molar-refractivity contribution in [3.8, 4) is 0 Å². The highest BCUT2D eigenvalue weighted by molar-refractivity contribution is 7.18. The third kappa shape index (κ3) is 2.77. The standard InChI is InChI=1S/C17H17N5S/c1-2-13-9-14-16(19-11-20-17(14)23-13)18-7-6-12-10-22-8-4-3-5-15(22)21-12/h3-5,8-11H,2,6-7H2,1H3,(H,18,19,20). The second kappa shape index (κ2) is 5.96. The second-order valence-corrected chi connectivity index (χ2v) is 6.50. The van der Waals surface area contributed by atoms with Gasteiger partial charge in [-0.1, -0.05) is 13.0 Å². The molecular formula is C17H17N5S. The van der Waals surface area contributed by atoms with Crippen LogP contribution in [0.5, 0.6) is 0 Å². The quantitative estimate of drug-likeness (QED) is 0.610. The number of aryl methyl sites for hydroxylation is 1. The van der Waals surface area contributed by atoms with Gasteiger partial charge < -0.3 is 9.72 Å². The van der Waals surface area contributed by atoms with Gasteiger partial charge in [0, 0.05) is 30.2 Å². The number of aromatic nitrogens is 4. The zero-order valence-corrected chi connectivity index (χ0v) is 13.7. The lowest BCUT2D eigenvalue weighted by Crippen LogP contribution is -2.06. The molecule has 0 unspecified atom stereocenters. The van der Waals surface area contributed by atoms with E-state index in [2.05, 4.69) is 39.5 Å². The largest absolute Gasteiger partial charge is 0.369 e. The average molecular weight is 323 g/mol. The molecule has 23 heavy (non-hydrogen) atoms. The fourth-order valence-corrected chi connectivity index (χ4v) is 3.57. The molecule has 5 nitrogen and oxygen atoms in total. The van der Waals surface area contributed by atoms with Crippen LogP contribution >= 0.6 is 11.3 Å². The highest BCUT2D eigenvalue weighted by Crippen LogP contribution is 2.28. The summed E-state index contributed by atoms with van der Waals surface area (Å²) in [6, 6.07) is 8.22. The van der Waals surface area contributed by atoms with Gasteiger partial charge in [0.2, 0.25) is 0 Å². The van der Waals surface area contributed by atoms with Crippen molar-refractivity contribution in [2.75, 3.05) is 11.9 Å². The first-order valence-corrected chi connectivity index (χ1v) is 8.55. The first-order chi connectivity index (χ1) is 11.3. The molecule has 4 aromatic heterocycles. The zero-order chi connectivity index (χ0) is 15.6. The van der Waals surface area contributed by atoms with Gasteiger partial charge in [0.15, 0.2) is 0 Å². The first kappa shape index (κ1) is 14.1. The van der Waals surface area contributed by atoms with Crippen molar-refractivity contribution >= 4 is 33.0 Å². The Morgan fingerprint density at radius 2 is 2.22 bits per heavy atom. The van der Waals surface area contributed by atoms with Crippen LogP contribution < -0.4 is 5.32 Å². The van der Waals surface area contributed by atoms with Gasteiger partial charge in [-0.25, -0.2) is 15.0 Å². The summed E-state index contributed by atoms with van der Waals surface area (Å²) in [7, 11) is 0. The number of pyridine rings is 1. The Bertz CT molecular complexity index is 923. The van der Waals surface area contributed by atoms with E-state index in [0.29, 0.717) is 0 Å². The summed E-state index contributed by atoms with van der Waals surface area (Å²) < 4.78 is 2.05. The van der Waals surface area contributed by atoms with Crippen molar-refractivity contribution < 1.29 is 0 Å². The van der Waals surface area contributed by atoms with E-state index < -0.39 is 0 Å². The van der Waals surface area contributed by atoms with Crippen molar-refractivity contribution in [3.05, 3.63) is 53.6 Å². The van der Waals surface area contributed by atoms with Crippen LogP contribution in [0.1, 0.15) is 17.5 Å². The lowest BCUT2D eigenvalue weighted by Gasteiger charge is -2.04. The van der Waals surface area contributed by atoms with Crippen LogP contribution in [0.3, 0.4) is 0 Å². The van der Waals surface area contributed by atoms with Crippen LogP contribution in [-0.4, -0.2) is 25.9 Å². The number of hydrogen-bond donors (Lipinski definition) is 1. The molecule has 0 fully saturated rings. The van der Waals surface area contributed by atoms with E-state index >= 15 is 0 Å². The van der Waals surface area contributed by atoms with Gasteiger partial charge in [0.05, 0.1) is 11.1 Å². The van der Waals surface area contributed by atoms with Crippen LogP contribution in [0.2, 0.25) is 0 Å². The van der Waals surface area contributed by atoms with E-state index in [-0.39, 0.29) is 0 Å². The van der Waals surface area contributed by atoms with E-state index in [1.807, 2.05) is 28.8 Å². The lowest BCUT2D eigenvalue weighted by molar-refractivity contribution is 0.971. The van der Waals surface area contributed by atoms with E-state index in [4.69, 9.17) is 0 Å². The van der Waals surface area contributed by atoms with Gasteiger partial charge in [0.25, 0.3) is 0 Å². The Labute approximate surface area is 138 Å². The fraction of sp³-hybridized carbons (Fsp3) is 0.235. The topological polar surface area (TPSA) is 55.1 Å². The Balaban J connectivity index is 1.49. The van der Waals surface area contributed by atoms with Gasteiger partial charge in [-0.05, 0) is 24.6 Å². The molecule has 0 bridgehead atoms. The molecule has 0 saturated carbocycles. The Kier molecular flexibility index (Phi) is 3.67. The molecule has 0 saturated heterocycles. The molecule has 0 radical (unpaired) electrons. The fourth-order valence-electron chi connectivity index (χ4n) is 2.64. The van der Waals surface area contributed by atoms with Gasteiger partial charge >= 0.3 is 0 Å². The summed E-state index contributed by atoms with van der Waals surface area (Å²) >= 11 is 1.74. The number of anilines is 1. The van der Waals surface area contributed by atoms with Crippen LogP contribution in [0.15, 0.2) is 43.0 Å². The molecule has 0 aliphatic rings. The predicted molar refractivity (Wildman–Crippen MR) is 94.2 cm³/mol. The molecule has 116 valence electrons. The maximum Gasteiger partial charge on any atom is 0.138 e. The Morgan fingerprint density at radius 3 is 3.09 bits per heavy atom. The number of nitrogens with zero attached hydrogens (tertiary/aromatic N) is 4. The first-order valence-electron chi connectivity index (χ1n) is 7.73. The Hall–Kier alpha value is -2.47. The second-order valence-electron chi connectivity index (χ2n) is 5.38. The molecule has 0 aliphatic heterocycles. The summed E-state index contributed by atoms with van der Waals surface area (Å²) in [6.45, 7) is 2.96.